The Morgan fingerprint density at radius 2 is 1.53 bits per heavy atom. The maximum absolute atomic E-state index is 14.3. The number of carbonyl (C=O) groups excluding carboxylic acids is 2. The molecule has 0 spiro atoms. The third-order valence-electron chi connectivity index (χ3n) is 4.60. The number of nitrogens with one attached hydrogen (secondary N) is 1. The van der Waals surface area contributed by atoms with Crippen LogP contribution in [0.5, 0.6) is 0 Å². The molecule has 2 amide bonds. The topological polar surface area (TPSA) is 49.4 Å². The Bertz CT molecular complexity index is 881. The first-order valence-corrected chi connectivity index (χ1v) is 10.7. The molecule has 0 aromatic heterocycles. The van der Waals surface area contributed by atoms with Crippen LogP contribution in [0.2, 0.25) is 15.1 Å². The van der Waals surface area contributed by atoms with Gasteiger partial charge in [0, 0.05) is 38.8 Å². The smallest absolute Gasteiger partial charge is 0.243 e. The summed E-state index contributed by atoms with van der Waals surface area (Å²) < 4.78 is 14.3. The molecule has 4 nitrogen and oxygen atoms in total. The molecule has 2 rings (SSSR count). The lowest BCUT2D eigenvalue weighted by Crippen LogP contribution is -2.51. The molecule has 0 aliphatic rings. The summed E-state index contributed by atoms with van der Waals surface area (Å²) in [7, 11) is 0. The zero-order chi connectivity index (χ0) is 22.4. The van der Waals surface area contributed by atoms with Crippen molar-refractivity contribution in [3.8, 4) is 0 Å². The Hall–Kier alpha value is -1.82. The highest BCUT2D eigenvalue weighted by atomic mass is 35.5. The Labute approximate surface area is 191 Å². The summed E-state index contributed by atoms with van der Waals surface area (Å²) in [5.74, 6) is -1.33. The molecule has 8 heteroatoms. The second kappa shape index (κ2) is 11.0. The number of rotatable bonds is 8. The SMILES string of the molecule is CC[C@@H](C(=O)NC(C)C)N(Cc1c(Cl)cccc1Cl)C(=O)Cc1c(F)cccc1Cl. The maximum Gasteiger partial charge on any atom is 0.243 e. The van der Waals surface area contributed by atoms with E-state index in [4.69, 9.17) is 34.8 Å². The molecule has 0 radical (unpaired) electrons. The molecule has 0 unspecified atom stereocenters. The summed E-state index contributed by atoms with van der Waals surface area (Å²) in [5, 5.41) is 3.74. The average Bonchev–Trinajstić information content (AvgIpc) is 2.66. The molecule has 0 saturated carbocycles. The van der Waals surface area contributed by atoms with Crippen molar-refractivity contribution in [3.63, 3.8) is 0 Å². The van der Waals surface area contributed by atoms with Gasteiger partial charge in [0.15, 0.2) is 0 Å². The van der Waals surface area contributed by atoms with Crippen LogP contribution in [0.1, 0.15) is 38.3 Å². The summed E-state index contributed by atoms with van der Waals surface area (Å²) in [6, 6.07) is 8.37. The Balaban J connectivity index is 2.43. The van der Waals surface area contributed by atoms with Crippen LogP contribution in [-0.2, 0) is 22.6 Å². The highest BCUT2D eigenvalue weighted by Gasteiger charge is 2.30. The van der Waals surface area contributed by atoms with Gasteiger partial charge in [0.2, 0.25) is 11.8 Å². The molecular formula is C22H24Cl3FN2O2. The molecule has 0 aliphatic carbocycles. The van der Waals surface area contributed by atoms with Crippen molar-refractivity contribution < 1.29 is 14.0 Å². The number of hydrogen-bond acceptors (Lipinski definition) is 2. The Morgan fingerprint density at radius 3 is 2.03 bits per heavy atom. The fraction of sp³-hybridized carbons (Fsp3) is 0.364. The van der Waals surface area contributed by atoms with E-state index in [-0.39, 0.29) is 35.5 Å². The standard InChI is InChI=1S/C22H24Cl3FN2O2/c1-4-20(22(30)27-13(2)3)28(12-15-17(24)7-5-8-18(15)25)21(29)11-14-16(23)9-6-10-19(14)26/h5-10,13,20H,4,11-12H2,1-3H3,(H,27,30)/t20-/m0/s1. The van der Waals surface area contributed by atoms with Crippen LogP contribution in [0.15, 0.2) is 36.4 Å². The Kier molecular flexibility index (Phi) is 8.95. The lowest BCUT2D eigenvalue weighted by atomic mass is 10.1. The maximum atomic E-state index is 14.3. The van der Waals surface area contributed by atoms with E-state index in [2.05, 4.69) is 5.32 Å². The minimum Gasteiger partial charge on any atom is -0.352 e. The van der Waals surface area contributed by atoms with E-state index in [0.29, 0.717) is 22.0 Å². The third kappa shape index (κ3) is 6.10. The molecular weight excluding hydrogens is 450 g/mol. The fourth-order valence-corrected chi connectivity index (χ4v) is 3.85. The van der Waals surface area contributed by atoms with Gasteiger partial charge in [-0.1, -0.05) is 53.9 Å². The molecule has 2 aromatic carbocycles. The van der Waals surface area contributed by atoms with E-state index >= 15 is 0 Å². The number of benzene rings is 2. The minimum atomic E-state index is -0.780. The Morgan fingerprint density at radius 1 is 1.00 bits per heavy atom. The van der Waals surface area contributed by atoms with Crippen molar-refractivity contribution in [2.45, 2.75) is 52.2 Å². The van der Waals surface area contributed by atoms with Crippen LogP contribution in [-0.4, -0.2) is 28.8 Å². The van der Waals surface area contributed by atoms with Gasteiger partial charge in [-0.3, -0.25) is 9.59 Å². The first-order valence-electron chi connectivity index (χ1n) is 9.61. The van der Waals surface area contributed by atoms with Gasteiger partial charge in [0.1, 0.15) is 11.9 Å². The molecule has 0 heterocycles. The van der Waals surface area contributed by atoms with Crippen LogP contribution in [0.3, 0.4) is 0 Å². The molecule has 2 aromatic rings. The molecule has 1 N–H and O–H groups in total. The number of carbonyl (C=O) groups is 2. The minimum absolute atomic E-state index is 0.00737. The van der Waals surface area contributed by atoms with Gasteiger partial charge in [0.05, 0.1) is 6.42 Å². The van der Waals surface area contributed by atoms with Crippen LogP contribution < -0.4 is 5.32 Å². The van der Waals surface area contributed by atoms with Gasteiger partial charge < -0.3 is 10.2 Å². The van der Waals surface area contributed by atoms with Crippen molar-refractivity contribution in [3.05, 3.63) is 68.4 Å². The molecule has 0 fully saturated rings. The summed E-state index contributed by atoms with van der Waals surface area (Å²) >= 11 is 18.7. The first-order chi connectivity index (χ1) is 14.1. The zero-order valence-electron chi connectivity index (χ0n) is 17.0. The summed E-state index contributed by atoms with van der Waals surface area (Å²) in [4.78, 5) is 27.5. The van der Waals surface area contributed by atoms with Crippen LogP contribution in [0.25, 0.3) is 0 Å². The van der Waals surface area contributed by atoms with Gasteiger partial charge in [-0.15, -0.1) is 0 Å². The number of hydrogen-bond donors (Lipinski definition) is 1. The van der Waals surface area contributed by atoms with Gasteiger partial charge in [-0.25, -0.2) is 4.39 Å². The van der Waals surface area contributed by atoms with Crippen molar-refractivity contribution in [1.29, 1.82) is 0 Å². The molecule has 162 valence electrons. The molecule has 1 atom stereocenters. The van der Waals surface area contributed by atoms with Gasteiger partial charge in [-0.05, 0) is 44.5 Å². The van der Waals surface area contributed by atoms with Crippen LogP contribution in [0.4, 0.5) is 4.39 Å². The van der Waals surface area contributed by atoms with Gasteiger partial charge >= 0.3 is 0 Å². The second-order valence-corrected chi connectivity index (χ2v) is 8.41. The third-order valence-corrected chi connectivity index (χ3v) is 5.66. The van der Waals surface area contributed by atoms with Gasteiger partial charge in [-0.2, -0.15) is 0 Å². The number of nitrogens with zero attached hydrogens (tertiary/aromatic N) is 1. The molecule has 0 bridgehead atoms. The summed E-state index contributed by atoms with van der Waals surface area (Å²) in [6.07, 6.45) is 0.0659. The van der Waals surface area contributed by atoms with Crippen molar-refractivity contribution in [1.82, 2.24) is 10.2 Å². The summed E-state index contributed by atoms with van der Waals surface area (Å²) in [6.45, 7) is 5.48. The summed E-state index contributed by atoms with van der Waals surface area (Å²) in [5.41, 5.74) is 0.600. The van der Waals surface area contributed by atoms with Crippen LogP contribution in [0, 0.1) is 5.82 Å². The number of halogens is 4. The zero-order valence-corrected chi connectivity index (χ0v) is 19.3. The van der Waals surface area contributed by atoms with E-state index in [9.17, 15) is 14.0 Å². The predicted molar refractivity (Wildman–Crippen MR) is 119 cm³/mol. The van der Waals surface area contributed by atoms with E-state index in [1.165, 1.54) is 23.1 Å². The second-order valence-electron chi connectivity index (χ2n) is 7.19. The first kappa shape index (κ1) is 24.4. The van der Waals surface area contributed by atoms with E-state index in [0.717, 1.165) is 0 Å². The van der Waals surface area contributed by atoms with Crippen molar-refractivity contribution in [2.75, 3.05) is 0 Å². The molecule has 0 aliphatic heterocycles. The highest BCUT2D eigenvalue weighted by Crippen LogP contribution is 2.28. The van der Waals surface area contributed by atoms with E-state index < -0.39 is 17.8 Å². The average molecular weight is 474 g/mol. The molecule has 30 heavy (non-hydrogen) atoms. The monoisotopic (exact) mass is 472 g/mol. The predicted octanol–water partition coefficient (Wildman–Crippen LogP) is 5.66. The van der Waals surface area contributed by atoms with E-state index in [1.807, 2.05) is 13.8 Å². The van der Waals surface area contributed by atoms with Crippen LogP contribution >= 0.6 is 34.8 Å². The van der Waals surface area contributed by atoms with E-state index in [1.54, 1.807) is 25.1 Å². The van der Waals surface area contributed by atoms with Gasteiger partial charge in [0.25, 0.3) is 0 Å². The fourth-order valence-electron chi connectivity index (χ4n) is 3.11. The number of amides is 2. The lowest BCUT2D eigenvalue weighted by Gasteiger charge is -2.32. The normalized spacial score (nSPS) is 12.0. The molecule has 0 saturated heterocycles. The largest absolute Gasteiger partial charge is 0.352 e. The van der Waals surface area contributed by atoms with Crippen molar-refractivity contribution >= 4 is 46.6 Å². The highest BCUT2D eigenvalue weighted by molar-refractivity contribution is 6.36. The van der Waals surface area contributed by atoms with Crippen molar-refractivity contribution in [2.24, 2.45) is 0 Å². The quantitative estimate of drug-likeness (QED) is 0.538. The lowest BCUT2D eigenvalue weighted by molar-refractivity contribution is -0.141.